The van der Waals surface area contributed by atoms with Crippen LogP contribution in [0.1, 0.15) is 0 Å². The second-order valence-corrected chi connectivity index (χ2v) is 7.73. The summed E-state index contributed by atoms with van der Waals surface area (Å²) in [6, 6.07) is 37.5. The van der Waals surface area contributed by atoms with Gasteiger partial charge >= 0.3 is 35.6 Å². The molecule has 0 aliphatic rings. The summed E-state index contributed by atoms with van der Waals surface area (Å²) < 4.78 is 0. The molecule has 25 heavy (non-hydrogen) atoms. The number of hydrogen-bond acceptors (Lipinski definition) is 0. The molecule has 4 aromatic carbocycles. The Bertz CT molecular complexity index is 707. The smallest absolute Gasteiger partial charge is 0.0771 e. The molecule has 0 atom stereocenters. The SMILES string of the molecule is [Cl][Ti][Cl].c1ccc(-[c-]2cccc2)cc1.c1ccc(-[c-]2cccc2)cc1. The maximum Gasteiger partial charge on any atom is -0.0771 e. The second-order valence-electron chi connectivity index (χ2n) is 5.15. The summed E-state index contributed by atoms with van der Waals surface area (Å²) in [4.78, 5) is 0. The van der Waals surface area contributed by atoms with Crippen LogP contribution in [0.5, 0.6) is 0 Å². The van der Waals surface area contributed by atoms with Crippen molar-refractivity contribution in [3.8, 4) is 22.3 Å². The van der Waals surface area contributed by atoms with E-state index >= 15 is 0 Å². The molecule has 0 amide bonds. The van der Waals surface area contributed by atoms with Crippen molar-refractivity contribution >= 4 is 18.6 Å². The molecule has 0 aliphatic heterocycles. The Morgan fingerprint density at radius 2 is 0.760 bits per heavy atom. The van der Waals surface area contributed by atoms with Crippen LogP contribution in [0.15, 0.2) is 109 Å². The maximum atomic E-state index is 4.89. The zero-order valence-electron chi connectivity index (χ0n) is 13.6. The second kappa shape index (κ2) is 11.9. The van der Waals surface area contributed by atoms with E-state index in [4.69, 9.17) is 18.6 Å². The molecular weight excluding hydrogens is 383 g/mol. The van der Waals surface area contributed by atoms with Crippen LogP contribution in [0, 0.1) is 0 Å². The van der Waals surface area contributed by atoms with Crippen molar-refractivity contribution in [2.75, 3.05) is 0 Å². The van der Waals surface area contributed by atoms with E-state index in [1.54, 1.807) is 0 Å². The van der Waals surface area contributed by atoms with Crippen LogP contribution in [0.3, 0.4) is 0 Å². The molecule has 0 heterocycles. The minimum absolute atomic E-state index is 0.556. The molecule has 0 saturated carbocycles. The van der Waals surface area contributed by atoms with Gasteiger partial charge in [0.25, 0.3) is 0 Å². The fourth-order valence-corrected chi connectivity index (χ4v) is 2.39. The molecule has 0 saturated heterocycles. The Morgan fingerprint density at radius 3 is 1.04 bits per heavy atom. The van der Waals surface area contributed by atoms with Gasteiger partial charge in [-0.3, -0.25) is 0 Å². The molecule has 0 N–H and O–H groups in total. The van der Waals surface area contributed by atoms with Crippen molar-refractivity contribution in [2.45, 2.75) is 0 Å². The summed E-state index contributed by atoms with van der Waals surface area (Å²) >= 11 is -0.556. The first kappa shape index (κ1) is 19.8. The summed E-state index contributed by atoms with van der Waals surface area (Å²) in [5.41, 5.74) is 5.17. The van der Waals surface area contributed by atoms with Crippen molar-refractivity contribution in [2.24, 2.45) is 0 Å². The first-order valence-electron chi connectivity index (χ1n) is 7.85. The van der Waals surface area contributed by atoms with Crippen LogP contribution < -0.4 is 0 Å². The Balaban J connectivity index is 0.000000156. The van der Waals surface area contributed by atoms with Gasteiger partial charge in [-0.15, -0.1) is 59.7 Å². The molecule has 0 fully saturated rings. The molecule has 0 bridgehead atoms. The van der Waals surface area contributed by atoms with Gasteiger partial charge in [-0.2, -0.15) is 24.3 Å². The van der Waals surface area contributed by atoms with Crippen LogP contribution in [0.4, 0.5) is 0 Å². The first-order chi connectivity index (χ1) is 12.3. The number of benzene rings is 2. The molecule has 0 aromatic heterocycles. The van der Waals surface area contributed by atoms with E-state index in [2.05, 4.69) is 97.1 Å². The number of halogens is 2. The van der Waals surface area contributed by atoms with Gasteiger partial charge in [-0.1, -0.05) is 47.5 Å². The van der Waals surface area contributed by atoms with Crippen LogP contribution >= 0.6 is 18.6 Å². The van der Waals surface area contributed by atoms with Gasteiger partial charge < -0.3 is 0 Å². The molecule has 0 nitrogen and oxygen atoms in total. The Kier molecular flexibility index (Phi) is 9.40. The van der Waals surface area contributed by atoms with Crippen molar-refractivity contribution in [1.82, 2.24) is 0 Å². The van der Waals surface area contributed by atoms with Gasteiger partial charge in [0.1, 0.15) is 0 Å². The van der Waals surface area contributed by atoms with E-state index in [1.807, 2.05) is 12.1 Å². The zero-order chi connectivity index (χ0) is 17.7. The van der Waals surface area contributed by atoms with E-state index in [-0.39, 0.29) is 0 Å². The van der Waals surface area contributed by atoms with Crippen LogP contribution in [0.2, 0.25) is 0 Å². The van der Waals surface area contributed by atoms with Crippen LogP contribution in [-0.4, -0.2) is 0 Å². The van der Waals surface area contributed by atoms with Gasteiger partial charge in [-0.05, 0) is 0 Å². The topological polar surface area (TPSA) is 0 Å². The molecule has 0 aliphatic carbocycles. The monoisotopic (exact) mass is 400 g/mol. The largest absolute Gasteiger partial charge is 0.152 e. The average molecular weight is 401 g/mol. The van der Waals surface area contributed by atoms with Crippen molar-refractivity contribution in [3.63, 3.8) is 0 Å². The molecule has 0 spiro atoms. The van der Waals surface area contributed by atoms with Crippen molar-refractivity contribution < 1.29 is 17.0 Å². The van der Waals surface area contributed by atoms with Crippen molar-refractivity contribution in [3.05, 3.63) is 109 Å². The molecule has 3 heteroatoms. The third-order valence-electron chi connectivity index (χ3n) is 3.54. The minimum atomic E-state index is -0.556. The third kappa shape index (κ3) is 7.06. The fraction of sp³-hybridized carbons (Fsp3) is 0. The average Bonchev–Trinajstić information content (AvgIpc) is 3.39. The van der Waals surface area contributed by atoms with E-state index < -0.39 is 17.0 Å². The Morgan fingerprint density at radius 1 is 0.480 bits per heavy atom. The standard InChI is InChI=1S/2C11H9.2ClH.Ti/c2*1-2-6-10(7-3-1)11-8-4-5-9-11;;;/h2*1-9H;2*1H;/q2*-1;;;+2/p-2. The molecule has 126 valence electrons. The Hall–Kier alpha value is -1.57. The van der Waals surface area contributed by atoms with E-state index in [1.165, 1.54) is 22.3 Å². The third-order valence-corrected chi connectivity index (χ3v) is 3.54. The first-order valence-corrected chi connectivity index (χ1v) is 12.2. The predicted octanol–water partition coefficient (Wildman–Crippen LogP) is 7.52. The zero-order valence-corrected chi connectivity index (χ0v) is 16.7. The van der Waals surface area contributed by atoms with Crippen LogP contribution in [-0.2, 0) is 17.0 Å². The summed E-state index contributed by atoms with van der Waals surface area (Å²) in [6.45, 7) is 0. The van der Waals surface area contributed by atoms with Crippen LogP contribution in [0.25, 0.3) is 22.3 Å². The molecular formula is C22H18Cl2Ti-2. The quantitative estimate of drug-likeness (QED) is 0.241. The summed E-state index contributed by atoms with van der Waals surface area (Å²) in [5.74, 6) is 0. The summed E-state index contributed by atoms with van der Waals surface area (Å²) in [5, 5.41) is 0. The number of rotatable bonds is 2. The summed E-state index contributed by atoms with van der Waals surface area (Å²) in [7, 11) is 9.78. The maximum absolute atomic E-state index is 4.89. The molecule has 4 aromatic rings. The number of hydrogen-bond donors (Lipinski definition) is 0. The summed E-state index contributed by atoms with van der Waals surface area (Å²) in [6.07, 6.45) is 0. The van der Waals surface area contributed by atoms with Gasteiger partial charge in [0, 0.05) is 0 Å². The fourth-order valence-electron chi connectivity index (χ4n) is 2.39. The molecule has 0 unspecified atom stereocenters. The van der Waals surface area contributed by atoms with E-state index in [0.717, 1.165) is 0 Å². The molecule has 4 rings (SSSR count). The van der Waals surface area contributed by atoms with Crippen molar-refractivity contribution in [1.29, 1.82) is 0 Å². The van der Waals surface area contributed by atoms with Gasteiger partial charge in [0.05, 0.1) is 0 Å². The van der Waals surface area contributed by atoms with Gasteiger partial charge in [0.2, 0.25) is 0 Å². The normalized spacial score (nSPS) is 9.20. The van der Waals surface area contributed by atoms with Gasteiger partial charge in [0.15, 0.2) is 0 Å². The minimum Gasteiger partial charge on any atom is -0.152 e. The van der Waals surface area contributed by atoms with E-state index in [0.29, 0.717) is 0 Å². The molecule has 0 radical (unpaired) electrons. The van der Waals surface area contributed by atoms with E-state index in [9.17, 15) is 0 Å². The van der Waals surface area contributed by atoms with Gasteiger partial charge in [-0.25, -0.2) is 0 Å². The Labute approximate surface area is 166 Å². The predicted molar refractivity (Wildman–Crippen MR) is 107 cm³/mol.